The van der Waals surface area contributed by atoms with Gasteiger partial charge < -0.3 is 20.1 Å². The molecule has 0 saturated carbocycles. The average molecular weight is 328 g/mol. The number of primary amides is 1. The zero-order valence-electron chi connectivity index (χ0n) is 10.2. The highest BCUT2D eigenvalue weighted by molar-refractivity contribution is 9.10. The first-order chi connectivity index (χ1) is 9.11. The highest BCUT2D eigenvalue weighted by Crippen LogP contribution is 2.21. The molecule has 0 fully saturated rings. The predicted molar refractivity (Wildman–Crippen MR) is 73.8 cm³/mol. The van der Waals surface area contributed by atoms with Crippen molar-refractivity contribution in [3.8, 4) is 0 Å². The Bertz CT molecular complexity index is 597. The minimum Gasteiger partial charge on any atom is -0.449 e. The highest BCUT2D eigenvalue weighted by Gasteiger charge is 2.11. The van der Waals surface area contributed by atoms with Gasteiger partial charge in [0.2, 0.25) is 0 Å². The van der Waals surface area contributed by atoms with Crippen LogP contribution in [-0.4, -0.2) is 34.0 Å². The van der Waals surface area contributed by atoms with E-state index in [0.717, 1.165) is 21.3 Å². The molecule has 0 radical (unpaired) electrons. The molecule has 3 N–H and O–H groups in total. The third-order valence-electron chi connectivity index (χ3n) is 2.68. The van der Waals surface area contributed by atoms with E-state index in [1.165, 1.54) is 0 Å². The molecule has 1 heterocycles. The van der Waals surface area contributed by atoms with Gasteiger partial charge in [-0.3, -0.25) is 0 Å². The highest BCUT2D eigenvalue weighted by atomic mass is 79.9. The second kappa shape index (κ2) is 6.03. The normalized spacial score (nSPS) is 10.8. The summed E-state index contributed by atoms with van der Waals surface area (Å²) in [7, 11) is 0. The van der Waals surface area contributed by atoms with E-state index in [0.29, 0.717) is 13.0 Å². The predicted octanol–water partition coefficient (Wildman–Crippen LogP) is 1.43. The van der Waals surface area contributed by atoms with Gasteiger partial charge in [0.25, 0.3) is 0 Å². The quantitative estimate of drug-likeness (QED) is 0.869. The zero-order chi connectivity index (χ0) is 13.8. The van der Waals surface area contributed by atoms with Crippen LogP contribution in [0.2, 0.25) is 0 Å². The topological polar surface area (TPSA) is 90.4 Å². The van der Waals surface area contributed by atoms with E-state index in [-0.39, 0.29) is 13.2 Å². The first kappa shape index (κ1) is 13.8. The van der Waals surface area contributed by atoms with Gasteiger partial charge in [-0.2, -0.15) is 0 Å². The molecule has 0 aliphatic heterocycles. The number of rotatable bonds is 5. The molecule has 0 saturated heterocycles. The maximum absolute atomic E-state index is 10.5. The summed E-state index contributed by atoms with van der Waals surface area (Å²) in [4.78, 5) is 15.0. The Labute approximate surface area is 118 Å². The van der Waals surface area contributed by atoms with Gasteiger partial charge in [0, 0.05) is 17.4 Å². The van der Waals surface area contributed by atoms with Crippen LogP contribution in [0.5, 0.6) is 0 Å². The van der Waals surface area contributed by atoms with Crippen molar-refractivity contribution in [2.75, 3.05) is 13.2 Å². The van der Waals surface area contributed by atoms with Gasteiger partial charge in [-0.25, -0.2) is 9.78 Å². The minimum absolute atomic E-state index is 0.0155. The summed E-state index contributed by atoms with van der Waals surface area (Å²) in [5.74, 6) is 0.753. The molecular weight excluding hydrogens is 314 g/mol. The number of hydrogen-bond acceptors (Lipinski definition) is 4. The van der Waals surface area contributed by atoms with Crippen molar-refractivity contribution >= 4 is 33.1 Å². The number of amides is 1. The fourth-order valence-electron chi connectivity index (χ4n) is 1.93. The maximum Gasteiger partial charge on any atom is 0.404 e. The van der Waals surface area contributed by atoms with Crippen molar-refractivity contribution in [1.29, 1.82) is 0 Å². The van der Waals surface area contributed by atoms with Crippen molar-refractivity contribution in [2.24, 2.45) is 5.73 Å². The molecule has 0 aliphatic carbocycles. The van der Waals surface area contributed by atoms with Gasteiger partial charge in [0.1, 0.15) is 12.4 Å². The van der Waals surface area contributed by atoms with Crippen molar-refractivity contribution in [3.05, 3.63) is 28.5 Å². The number of fused-ring (bicyclic) bond motifs is 1. The number of ether oxygens (including phenoxy) is 1. The number of carbonyl (C=O) groups excluding carboxylic acids is 1. The molecule has 0 spiro atoms. The molecule has 102 valence electrons. The summed E-state index contributed by atoms with van der Waals surface area (Å²) in [6.07, 6.45) is -0.345. The molecule has 2 aromatic rings. The van der Waals surface area contributed by atoms with Crippen molar-refractivity contribution in [2.45, 2.75) is 13.0 Å². The summed E-state index contributed by atoms with van der Waals surface area (Å²) in [5, 5.41) is 9.14. The van der Waals surface area contributed by atoms with Crippen LogP contribution in [0, 0.1) is 0 Å². The van der Waals surface area contributed by atoms with Gasteiger partial charge in [-0.1, -0.05) is 15.9 Å². The standard InChI is InChI=1S/C12H14BrN3O3/c13-8-1-2-9-10(7-8)16(4-5-17)11(15-9)3-6-19-12(14)18/h1-2,7,17H,3-6H2,(H2,14,18). The summed E-state index contributed by atoms with van der Waals surface area (Å²) in [5.41, 5.74) is 6.68. The fraction of sp³-hybridized carbons (Fsp3) is 0.333. The van der Waals surface area contributed by atoms with Crippen molar-refractivity contribution in [3.63, 3.8) is 0 Å². The van der Waals surface area contributed by atoms with E-state index < -0.39 is 6.09 Å². The molecule has 1 aromatic carbocycles. The largest absolute Gasteiger partial charge is 0.449 e. The smallest absolute Gasteiger partial charge is 0.404 e. The molecule has 0 atom stereocenters. The lowest BCUT2D eigenvalue weighted by Gasteiger charge is -2.07. The van der Waals surface area contributed by atoms with E-state index in [1.807, 2.05) is 22.8 Å². The Morgan fingerprint density at radius 1 is 1.53 bits per heavy atom. The molecule has 19 heavy (non-hydrogen) atoms. The molecule has 1 aromatic heterocycles. The van der Waals surface area contributed by atoms with Crippen molar-refractivity contribution < 1.29 is 14.6 Å². The van der Waals surface area contributed by atoms with Crippen LogP contribution < -0.4 is 5.73 Å². The Kier molecular flexibility index (Phi) is 4.39. The van der Waals surface area contributed by atoms with Crippen LogP contribution in [0.15, 0.2) is 22.7 Å². The molecule has 1 amide bonds. The second-order valence-electron chi connectivity index (χ2n) is 3.95. The number of carbonyl (C=O) groups is 1. The summed E-state index contributed by atoms with van der Waals surface area (Å²) < 4.78 is 7.56. The lowest BCUT2D eigenvalue weighted by atomic mass is 10.3. The van der Waals surface area contributed by atoms with Gasteiger partial charge in [0.15, 0.2) is 0 Å². The lowest BCUT2D eigenvalue weighted by Crippen LogP contribution is -2.16. The van der Waals surface area contributed by atoms with E-state index in [9.17, 15) is 4.79 Å². The Balaban J connectivity index is 2.30. The van der Waals surface area contributed by atoms with E-state index in [4.69, 9.17) is 15.6 Å². The number of benzene rings is 1. The van der Waals surface area contributed by atoms with Gasteiger partial charge in [-0.05, 0) is 18.2 Å². The fourth-order valence-corrected chi connectivity index (χ4v) is 2.28. The van der Waals surface area contributed by atoms with Crippen molar-refractivity contribution in [1.82, 2.24) is 9.55 Å². The van der Waals surface area contributed by atoms with Gasteiger partial charge >= 0.3 is 6.09 Å². The molecule has 2 rings (SSSR count). The Morgan fingerprint density at radius 2 is 2.32 bits per heavy atom. The number of aliphatic hydroxyl groups is 1. The number of aromatic nitrogens is 2. The Hall–Kier alpha value is -1.60. The van der Waals surface area contributed by atoms with Gasteiger partial charge in [0.05, 0.1) is 17.6 Å². The number of halogens is 1. The molecule has 0 aliphatic rings. The second-order valence-corrected chi connectivity index (χ2v) is 4.87. The summed E-state index contributed by atoms with van der Waals surface area (Å²) in [6.45, 7) is 0.631. The number of hydrogen-bond donors (Lipinski definition) is 2. The number of nitrogens with zero attached hydrogens (tertiary/aromatic N) is 2. The SMILES string of the molecule is NC(=O)OCCc1nc2ccc(Br)cc2n1CCO. The third-order valence-corrected chi connectivity index (χ3v) is 3.18. The molecule has 0 unspecified atom stereocenters. The number of imidazole rings is 1. The third kappa shape index (κ3) is 3.24. The first-order valence-corrected chi connectivity index (χ1v) is 6.59. The zero-order valence-corrected chi connectivity index (χ0v) is 11.8. The molecule has 0 bridgehead atoms. The monoisotopic (exact) mass is 327 g/mol. The van der Waals surface area contributed by atoms with Crippen LogP contribution in [0.1, 0.15) is 5.82 Å². The Morgan fingerprint density at radius 3 is 3.00 bits per heavy atom. The van der Waals surface area contributed by atoms with Gasteiger partial charge in [-0.15, -0.1) is 0 Å². The number of aliphatic hydroxyl groups excluding tert-OH is 1. The van der Waals surface area contributed by atoms with Crippen LogP contribution in [0.25, 0.3) is 11.0 Å². The maximum atomic E-state index is 10.5. The van der Waals surface area contributed by atoms with Crippen LogP contribution in [0.3, 0.4) is 0 Å². The van der Waals surface area contributed by atoms with Crippen LogP contribution >= 0.6 is 15.9 Å². The van der Waals surface area contributed by atoms with Crippen LogP contribution in [0.4, 0.5) is 4.79 Å². The molecule has 6 nitrogen and oxygen atoms in total. The molecule has 7 heteroatoms. The van der Waals surface area contributed by atoms with Crippen LogP contribution in [-0.2, 0) is 17.7 Å². The van der Waals surface area contributed by atoms with E-state index >= 15 is 0 Å². The van der Waals surface area contributed by atoms with E-state index in [1.54, 1.807) is 0 Å². The minimum atomic E-state index is -0.799. The summed E-state index contributed by atoms with van der Waals surface area (Å²) in [6, 6.07) is 5.74. The average Bonchev–Trinajstić information content (AvgIpc) is 2.68. The summed E-state index contributed by atoms with van der Waals surface area (Å²) >= 11 is 3.41. The lowest BCUT2D eigenvalue weighted by molar-refractivity contribution is 0.157. The first-order valence-electron chi connectivity index (χ1n) is 5.79. The van der Waals surface area contributed by atoms with E-state index in [2.05, 4.69) is 20.9 Å². The number of nitrogens with two attached hydrogens (primary N) is 1. The molecular formula is C12H14BrN3O3.